The number of thioether (sulfide) groups is 1. The van der Waals surface area contributed by atoms with Crippen LogP contribution in [0, 0.1) is 6.92 Å². The minimum atomic E-state index is -0.230. The molecule has 0 aliphatic heterocycles. The second-order valence-corrected chi connectivity index (χ2v) is 11.0. The fourth-order valence-electron chi connectivity index (χ4n) is 3.82. The zero-order valence-electron chi connectivity index (χ0n) is 22.6. The van der Waals surface area contributed by atoms with Crippen LogP contribution in [0.4, 0.5) is 0 Å². The molecule has 1 amide bonds. The Balaban J connectivity index is 1.54. The van der Waals surface area contributed by atoms with Crippen LogP contribution in [-0.2, 0) is 10.2 Å². The number of rotatable bonds is 8. The number of nitrogens with one attached hydrogen (secondary N) is 1. The maximum Gasteiger partial charge on any atom is 0.250 e. The second kappa shape index (κ2) is 11.6. The van der Waals surface area contributed by atoms with Crippen molar-refractivity contribution in [2.45, 2.75) is 45.2 Å². The van der Waals surface area contributed by atoms with Crippen LogP contribution in [0.2, 0.25) is 0 Å². The van der Waals surface area contributed by atoms with E-state index in [2.05, 4.69) is 84.8 Å². The predicted molar refractivity (Wildman–Crippen MR) is 154 cm³/mol. The molecule has 1 heterocycles. The first kappa shape index (κ1) is 27.1. The van der Waals surface area contributed by atoms with Gasteiger partial charge in [-0.3, -0.25) is 9.36 Å². The fraction of sp³-hybridized carbons (Fsp3) is 0.267. The number of nitrogens with zero attached hydrogens (tertiary/aromatic N) is 4. The monoisotopic (exact) mass is 527 g/mol. The van der Waals surface area contributed by atoms with Crippen LogP contribution in [-0.4, -0.2) is 39.2 Å². The molecule has 7 nitrogen and oxygen atoms in total. The maximum atomic E-state index is 12.7. The van der Waals surface area contributed by atoms with Crippen LogP contribution in [0.1, 0.15) is 44.4 Å². The lowest BCUT2D eigenvalue weighted by Gasteiger charge is -2.19. The molecule has 0 radical (unpaired) electrons. The van der Waals surface area contributed by atoms with Crippen molar-refractivity contribution in [3.8, 4) is 22.8 Å². The highest BCUT2D eigenvalue weighted by molar-refractivity contribution is 7.99. The first-order chi connectivity index (χ1) is 18.2. The summed E-state index contributed by atoms with van der Waals surface area (Å²) in [4.78, 5) is 12.7. The number of hydrogen-bond donors (Lipinski definition) is 1. The summed E-state index contributed by atoms with van der Waals surface area (Å²) in [6.07, 6.45) is 0. The van der Waals surface area contributed by atoms with E-state index in [0.717, 1.165) is 34.0 Å². The largest absolute Gasteiger partial charge is 0.497 e. The third kappa shape index (κ3) is 6.50. The molecular formula is C30H33N5O2S. The van der Waals surface area contributed by atoms with Crippen molar-refractivity contribution in [2.75, 3.05) is 12.9 Å². The van der Waals surface area contributed by atoms with Gasteiger partial charge < -0.3 is 4.74 Å². The summed E-state index contributed by atoms with van der Waals surface area (Å²) in [5.41, 5.74) is 8.57. The summed E-state index contributed by atoms with van der Waals surface area (Å²) in [6, 6.07) is 24.1. The van der Waals surface area contributed by atoms with Gasteiger partial charge in [-0.2, -0.15) is 5.10 Å². The van der Waals surface area contributed by atoms with Gasteiger partial charge >= 0.3 is 0 Å². The van der Waals surface area contributed by atoms with Crippen LogP contribution < -0.4 is 10.2 Å². The third-order valence-corrected chi connectivity index (χ3v) is 7.03. The summed E-state index contributed by atoms with van der Waals surface area (Å²) >= 11 is 1.32. The summed E-state index contributed by atoms with van der Waals surface area (Å²) in [7, 11) is 1.62. The Bertz CT molecular complexity index is 1440. The van der Waals surface area contributed by atoms with E-state index < -0.39 is 0 Å². The third-order valence-electron chi connectivity index (χ3n) is 6.10. The first-order valence-corrected chi connectivity index (χ1v) is 13.4. The van der Waals surface area contributed by atoms with Crippen molar-refractivity contribution in [1.29, 1.82) is 0 Å². The highest BCUT2D eigenvalue weighted by Gasteiger charge is 2.19. The molecule has 3 aromatic carbocycles. The van der Waals surface area contributed by atoms with E-state index in [-0.39, 0.29) is 17.1 Å². The Morgan fingerprint density at radius 3 is 2.39 bits per heavy atom. The van der Waals surface area contributed by atoms with Gasteiger partial charge in [-0.25, -0.2) is 5.43 Å². The number of benzene rings is 3. The molecule has 4 rings (SSSR count). The molecule has 4 aromatic rings. The molecule has 0 saturated carbocycles. The topological polar surface area (TPSA) is 81.4 Å². The second-order valence-electron chi connectivity index (χ2n) is 10.1. The minimum Gasteiger partial charge on any atom is -0.497 e. The standard InChI is InChI=1S/C30H33N5O2S/c1-20-10-16-25(17-11-20)35-28(22-12-14-24(15-13-22)30(3,4)5)33-34-29(35)38-19-27(36)32-31-21(2)23-8-7-9-26(18-23)37-6/h7-18H,19H2,1-6H3,(H,32,36). The van der Waals surface area contributed by atoms with Gasteiger partial charge in [-0.05, 0) is 49.1 Å². The van der Waals surface area contributed by atoms with Crippen LogP contribution in [0.15, 0.2) is 83.1 Å². The number of methoxy groups -OCH3 is 1. The molecule has 0 spiro atoms. The van der Waals surface area contributed by atoms with Crippen molar-refractivity contribution >= 4 is 23.4 Å². The molecule has 0 fully saturated rings. The maximum absolute atomic E-state index is 12.7. The van der Waals surface area contributed by atoms with Gasteiger partial charge in [0.25, 0.3) is 5.91 Å². The summed E-state index contributed by atoms with van der Waals surface area (Å²) in [5, 5.41) is 13.8. The Hall–Kier alpha value is -3.91. The van der Waals surface area contributed by atoms with Gasteiger partial charge in [-0.1, -0.05) is 86.6 Å². The van der Waals surface area contributed by atoms with E-state index in [1.54, 1.807) is 7.11 Å². The quantitative estimate of drug-likeness (QED) is 0.168. The number of carbonyl (C=O) groups is 1. The van der Waals surface area contributed by atoms with Gasteiger partial charge in [0.2, 0.25) is 0 Å². The molecule has 8 heteroatoms. The molecule has 1 N–H and O–H groups in total. The summed E-state index contributed by atoms with van der Waals surface area (Å²) in [6.45, 7) is 10.5. The van der Waals surface area contributed by atoms with E-state index in [1.165, 1.54) is 17.3 Å². The first-order valence-electron chi connectivity index (χ1n) is 12.4. The number of amides is 1. The smallest absolute Gasteiger partial charge is 0.250 e. The number of hydrogen-bond acceptors (Lipinski definition) is 6. The summed E-state index contributed by atoms with van der Waals surface area (Å²) < 4.78 is 7.26. The molecule has 0 unspecified atom stereocenters. The fourth-order valence-corrected chi connectivity index (χ4v) is 4.56. The number of ether oxygens (including phenoxy) is 1. The van der Waals surface area contributed by atoms with Crippen LogP contribution >= 0.6 is 11.8 Å². The molecule has 0 saturated heterocycles. The molecule has 38 heavy (non-hydrogen) atoms. The normalized spacial score (nSPS) is 11.9. The molecule has 0 aliphatic carbocycles. The molecule has 0 bridgehead atoms. The van der Waals surface area contributed by atoms with Gasteiger partial charge in [0.15, 0.2) is 11.0 Å². The highest BCUT2D eigenvalue weighted by atomic mass is 32.2. The van der Waals surface area contributed by atoms with Crippen molar-refractivity contribution in [2.24, 2.45) is 5.10 Å². The van der Waals surface area contributed by atoms with Gasteiger partial charge in [-0.15, -0.1) is 10.2 Å². The van der Waals surface area contributed by atoms with Crippen LogP contribution in [0.5, 0.6) is 5.75 Å². The number of aromatic nitrogens is 3. The Kier molecular flexibility index (Phi) is 8.32. The lowest BCUT2D eigenvalue weighted by Crippen LogP contribution is -2.21. The van der Waals surface area contributed by atoms with E-state index in [9.17, 15) is 4.79 Å². The zero-order valence-corrected chi connectivity index (χ0v) is 23.5. The van der Waals surface area contributed by atoms with Gasteiger partial charge in [0, 0.05) is 16.8 Å². The number of carbonyl (C=O) groups excluding carboxylic acids is 1. The Labute approximate surface area is 228 Å². The molecule has 0 aliphatic rings. The van der Waals surface area contributed by atoms with E-state index in [1.807, 2.05) is 47.9 Å². The number of aryl methyl sites for hydroxylation is 1. The summed E-state index contributed by atoms with van der Waals surface area (Å²) in [5.74, 6) is 1.37. The Morgan fingerprint density at radius 2 is 1.74 bits per heavy atom. The average molecular weight is 528 g/mol. The molecular weight excluding hydrogens is 494 g/mol. The molecule has 196 valence electrons. The van der Waals surface area contributed by atoms with Crippen LogP contribution in [0.3, 0.4) is 0 Å². The van der Waals surface area contributed by atoms with Gasteiger partial charge in [0.05, 0.1) is 18.6 Å². The van der Waals surface area contributed by atoms with E-state index in [0.29, 0.717) is 10.9 Å². The average Bonchev–Trinajstić information content (AvgIpc) is 3.34. The SMILES string of the molecule is COc1cccc(C(C)=NNC(=O)CSc2nnc(-c3ccc(C(C)(C)C)cc3)n2-c2ccc(C)cc2)c1. The van der Waals surface area contributed by atoms with Crippen LogP contribution in [0.25, 0.3) is 17.1 Å². The zero-order chi connectivity index (χ0) is 27.3. The van der Waals surface area contributed by atoms with Crippen molar-refractivity contribution in [3.05, 3.63) is 89.5 Å². The lowest BCUT2D eigenvalue weighted by atomic mass is 9.87. The van der Waals surface area contributed by atoms with Crippen molar-refractivity contribution in [1.82, 2.24) is 20.2 Å². The molecule has 1 aromatic heterocycles. The van der Waals surface area contributed by atoms with E-state index in [4.69, 9.17) is 4.74 Å². The van der Waals surface area contributed by atoms with E-state index >= 15 is 0 Å². The Morgan fingerprint density at radius 1 is 1.03 bits per heavy atom. The lowest BCUT2D eigenvalue weighted by molar-refractivity contribution is -0.118. The van der Waals surface area contributed by atoms with Gasteiger partial charge in [0.1, 0.15) is 5.75 Å². The molecule has 0 atom stereocenters. The predicted octanol–water partition coefficient (Wildman–Crippen LogP) is 6.18. The highest BCUT2D eigenvalue weighted by Crippen LogP contribution is 2.30. The van der Waals surface area contributed by atoms with Crippen molar-refractivity contribution in [3.63, 3.8) is 0 Å². The minimum absolute atomic E-state index is 0.0605. The van der Waals surface area contributed by atoms with Crippen molar-refractivity contribution < 1.29 is 9.53 Å². The number of hydrazone groups is 1.